The maximum Gasteiger partial charge on any atom is 0.261 e. The summed E-state index contributed by atoms with van der Waals surface area (Å²) in [6.45, 7) is 7.78. The zero-order chi connectivity index (χ0) is 20.6. The molecule has 5 aliphatic heterocycles. The van der Waals surface area contributed by atoms with Gasteiger partial charge in [-0.2, -0.15) is 5.26 Å². The standard InChI is InChI=1S/C20H19N3O4S2/c1-4-7-22-17(25)20-9-18(2,10-21)15(23(20)16(24)19(22,3)28-29-20)12-5-6-13-14(8-12)27-11-26-13/h4-6,8,15H,1,7,9,11H2,2-3H3/t15-,18+,19-,20?/m0/s1. The fraction of sp³-hybridized carbons (Fsp3) is 0.450. The highest BCUT2D eigenvalue weighted by molar-refractivity contribution is 8.78. The van der Waals surface area contributed by atoms with E-state index in [-0.39, 0.29) is 25.0 Å². The topological polar surface area (TPSA) is 82.9 Å². The van der Waals surface area contributed by atoms with Crippen LogP contribution in [0.1, 0.15) is 31.9 Å². The Morgan fingerprint density at radius 2 is 2.03 bits per heavy atom. The van der Waals surface area contributed by atoms with Gasteiger partial charge in [-0.25, -0.2) is 0 Å². The molecule has 5 heterocycles. The molecule has 5 aliphatic rings. The Kier molecular flexibility index (Phi) is 3.78. The first-order chi connectivity index (χ1) is 13.8. The Hall–Kier alpha value is -2.31. The third-order valence-electron chi connectivity index (χ3n) is 6.19. The van der Waals surface area contributed by atoms with E-state index in [1.165, 1.54) is 21.6 Å². The second kappa shape index (κ2) is 5.86. The summed E-state index contributed by atoms with van der Waals surface area (Å²) in [6, 6.07) is 7.33. The van der Waals surface area contributed by atoms with Crippen LogP contribution in [-0.4, -0.2) is 44.7 Å². The van der Waals surface area contributed by atoms with Crippen molar-refractivity contribution in [3.63, 3.8) is 0 Å². The highest BCUT2D eigenvalue weighted by Crippen LogP contribution is 2.69. The van der Waals surface area contributed by atoms with Crippen LogP contribution in [-0.2, 0) is 9.59 Å². The highest BCUT2D eigenvalue weighted by atomic mass is 33.1. The van der Waals surface area contributed by atoms with Crippen molar-refractivity contribution in [1.29, 1.82) is 5.26 Å². The van der Waals surface area contributed by atoms with Crippen molar-refractivity contribution >= 4 is 33.4 Å². The first-order valence-corrected chi connectivity index (χ1v) is 11.4. The molecule has 6 rings (SSSR count). The third-order valence-corrected chi connectivity index (χ3v) is 9.83. The number of hydrogen-bond donors (Lipinski definition) is 0. The molecular formula is C20H19N3O4S2. The SMILES string of the molecule is C=CCN1C(=O)C23C[C@](C)(C#N)[C@H](c4ccc5c(c4)OCO5)N2C(=O)[C@]1(C)SS3. The van der Waals surface area contributed by atoms with Crippen LogP contribution in [0, 0.1) is 16.7 Å². The lowest BCUT2D eigenvalue weighted by atomic mass is 9.79. The molecule has 4 saturated heterocycles. The van der Waals surface area contributed by atoms with Crippen molar-refractivity contribution in [3.8, 4) is 17.6 Å². The van der Waals surface area contributed by atoms with E-state index in [2.05, 4.69) is 12.6 Å². The number of nitriles is 1. The summed E-state index contributed by atoms with van der Waals surface area (Å²) in [5.74, 6) is 0.945. The molecular weight excluding hydrogens is 410 g/mol. The van der Waals surface area contributed by atoms with Crippen LogP contribution in [0.25, 0.3) is 0 Å². The van der Waals surface area contributed by atoms with E-state index in [1.807, 2.05) is 19.1 Å². The summed E-state index contributed by atoms with van der Waals surface area (Å²) < 4.78 is 10.9. The number of carbonyl (C=O) groups is 2. The molecule has 0 aliphatic carbocycles. The third kappa shape index (κ3) is 2.16. The second-order valence-corrected chi connectivity index (χ2v) is 10.8. The first kappa shape index (κ1) is 18.7. The van der Waals surface area contributed by atoms with Gasteiger partial charge in [0.25, 0.3) is 11.8 Å². The maximum absolute atomic E-state index is 13.7. The molecule has 0 aromatic heterocycles. The van der Waals surface area contributed by atoms with E-state index < -0.39 is 21.2 Å². The molecule has 1 aromatic carbocycles. The quantitative estimate of drug-likeness (QED) is 0.539. The molecule has 0 N–H and O–H groups in total. The smallest absolute Gasteiger partial charge is 0.261 e. The van der Waals surface area contributed by atoms with Crippen LogP contribution in [0.5, 0.6) is 11.5 Å². The van der Waals surface area contributed by atoms with Gasteiger partial charge in [0.05, 0.1) is 17.5 Å². The van der Waals surface area contributed by atoms with Crippen LogP contribution in [0.2, 0.25) is 0 Å². The minimum Gasteiger partial charge on any atom is -0.454 e. The molecule has 1 unspecified atom stereocenters. The number of benzene rings is 1. The van der Waals surface area contributed by atoms with E-state index in [0.717, 1.165) is 5.56 Å². The normalized spacial score (nSPS) is 36.9. The number of carbonyl (C=O) groups excluding carboxylic acids is 2. The van der Waals surface area contributed by atoms with Crippen molar-refractivity contribution in [1.82, 2.24) is 9.80 Å². The predicted molar refractivity (Wildman–Crippen MR) is 109 cm³/mol. The monoisotopic (exact) mass is 429 g/mol. The van der Waals surface area contributed by atoms with E-state index in [1.54, 1.807) is 28.9 Å². The summed E-state index contributed by atoms with van der Waals surface area (Å²) in [4.78, 5) is 28.5. The average Bonchev–Trinajstić information content (AvgIpc) is 3.28. The number of fused-ring (bicyclic) bond motifs is 3. The molecule has 0 saturated carbocycles. The number of nitrogens with zero attached hydrogens (tertiary/aromatic N) is 3. The lowest BCUT2D eigenvalue weighted by molar-refractivity contribution is -0.165. The van der Waals surface area contributed by atoms with Gasteiger partial charge in [0.2, 0.25) is 6.79 Å². The van der Waals surface area contributed by atoms with Gasteiger partial charge in [-0.15, -0.1) is 6.58 Å². The molecule has 9 heteroatoms. The molecule has 1 aromatic rings. The van der Waals surface area contributed by atoms with Gasteiger partial charge in [0.1, 0.15) is 0 Å². The van der Waals surface area contributed by atoms with Gasteiger partial charge in [-0.3, -0.25) is 9.59 Å². The lowest BCUT2D eigenvalue weighted by Gasteiger charge is -2.58. The number of ether oxygens (including phenoxy) is 2. The molecule has 150 valence electrons. The van der Waals surface area contributed by atoms with Crippen LogP contribution >= 0.6 is 21.6 Å². The van der Waals surface area contributed by atoms with E-state index in [4.69, 9.17) is 9.47 Å². The fourth-order valence-corrected chi connectivity index (χ4v) is 8.34. The van der Waals surface area contributed by atoms with Crippen molar-refractivity contribution in [2.24, 2.45) is 5.41 Å². The minimum atomic E-state index is -1.10. The molecule has 1 spiro atoms. The zero-order valence-corrected chi connectivity index (χ0v) is 17.6. The second-order valence-electron chi connectivity index (χ2n) is 8.03. The number of hydrogen-bond acceptors (Lipinski definition) is 7. The molecule has 29 heavy (non-hydrogen) atoms. The summed E-state index contributed by atoms with van der Waals surface area (Å²) in [5, 5.41) is 10.1. The Labute approximate surface area is 176 Å². The Morgan fingerprint density at radius 1 is 1.28 bits per heavy atom. The van der Waals surface area contributed by atoms with Gasteiger partial charge < -0.3 is 19.3 Å². The van der Waals surface area contributed by atoms with Gasteiger partial charge in [-0.05, 0) is 31.5 Å². The summed E-state index contributed by atoms with van der Waals surface area (Å²) in [5.41, 5.74) is -0.157. The molecule has 2 amide bonds. The number of amides is 2. The van der Waals surface area contributed by atoms with Gasteiger partial charge in [0.15, 0.2) is 21.2 Å². The Morgan fingerprint density at radius 3 is 2.76 bits per heavy atom. The lowest BCUT2D eigenvalue weighted by Crippen LogP contribution is -2.74. The fourth-order valence-electron chi connectivity index (χ4n) is 4.80. The summed E-state index contributed by atoms with van der Waals surface area (Å²) in [6.07, 6.45) is 1.90. The van der Waals surface area contributed by atoms with Gasteiger partial charge in [-0.1, -0.05) is 33.7 Å². The summed E-state index contributed by atoms with van der Waals surface area (Å²) in [7, 11) is 2.80. The van der Waals surface area contributed by atoms with Crippen LogP contribution in [0.4, 0.5) is 0 Å². The largest absolute Gasteiger partial charge is 0.454 e. The predicted octanol–water partition coefficient (Wildman–Crippen LogP) is 3.05. The highest BCUT2D eigenvalue weighted by Gasteiger charge is 2.75. The minimum absolute atomic E-state index is 0.132. The molecule has 4 atom stereocenters. The molecule has 2 bridgehead atoms. The molecule has 7 nitrogen and oxygen atoms in total. The van der Waals surface area contributed by atoms with E-state index in [9.17, 15) is 14.9 Å². The van der Waals surface area contributed by atoms with Crippen molar-refractivity contribution in [3.05, 3.63) is 36.4 Å². The maximum atomic E-state index is 13.7. The Bertz CT molecular complexity index is 1010. The zero-order valence-electron chi connectivity index (χ0n) is 16.0. The van der Waals surface area contributed by atoms with Gasteiger partial charge >= 0.3 is 0 Å². The first-order valence-electron chi connectivity index (χ1n) is 9.25. The number of piperazine rings is 1. The summed E-state index contributed by atoms with van der Waals surface area (Å²) >= 11 is 0. The number of rotatable bonds is 3. The molecule has 0 radical (unpaired) electrons. The van der Waals surface area contributed by atoms with Crippen LogP contribution in [0.3, 0.4) is 0 Å². The average molecular weight is 430 g/mol. The van der Waals surface area contributed by atoms with Crippen LogP contribution < -0.4 is 9.47 Å². The van der Waals surface area contributed by atoms with E-state index >= 15 is 0 Å². The van der Waals surface area contributed by atoms with Crippen molar-refractivity contribution < 1.29 is 19.1 Å². The van der Waals surface area contributed by atoms with Crippen molar-refractivity contribution in [2.45, 2.75) is 36.1 Å². The van der Waals surface area contributed by atoms with Crippen LogP contribution in [0.15, 0.2) is 30.9 Å². The van der Waals surface area contributed by atoms with Gasteiger partial charge in [0, 0.05) is 13.0 Å². The Balaban J connectivity index is 1.68. The molecule has 4 fully saturated rings. The van der Waals surface area contributed by atoms with E-state index in [0.29, 0.717) is 18.0 Å². The van der Waals surface area contributed by atoms with Crippen molar-refractivity contribution in [2.75, 3.05) is 13.3 Å².